The molecular formula is C14H23NO2. The summed E-state index contributed by atoms with van der Waals surface area (Å²) in [6.45, 7) is 10.2. The molecule has 3 nitrogen and oxygen atoms in total. The van der Waals surface area contributed by atoms with Gasteiger partial charge in [-0.2, -0.15) is 0 Å². The summed E-state index contributed by atoms with van der Waals surface area (Å²) >= 11 is 0. The van der Waals surface area contributed by atoms with Crippen molar-refractivity contribution >= 4 is 5.78 Å². The summed E-state index contributed by atoms with van der Waals surface area (Å²) in [6.07, 6.45) is 4.77. The third-order valence-electron chi connectivity index (χ3n) is 3.74. The molecule has 0 N–H and O–H groups in total. The van der Waals surface area contributed by atoms with Crippen molar-refractivity contribution in [3.8, 4) is 0 Å². The molecule has 1 heterocycles. The van der Waals surface area contributed by atoms with Crippen LogP contribution in [0.4, 0.5) is 0 Å². The summed E-state index contributed by atoms with van der Waals surface area (Å²) in [6, 6.07) is 1.76. The van der Waals surface area contributed by atoms with Crippen LogP contribution in [-0.4, -0.2) is 29.3 Å². The van der Waals surface area contributed by atoms with Crippen LogP contribution in [0.2, 0.25) is 0 Å². The van der Waals surface area contributed by atoms with Crippen LogP contribution in [0.3, 0.4) is 0 Å². The first kappa shape index (κ1) is 14.0. The van der Waals surface area contributed by atoms with Gasteiger partial charge in [-0.15, -0.1) is 0 Å². The van der Waals surface area contributed by atoms with Crippen LogP contribution in [0, 0.1) is 0 Å². The van der Waals surface area contributed by atoms with E-state index in [9.17, 15) is 4.79 Å². The van der Waals surface area contributed by atoms with E-state index in [1.54, 1.807) is 18.6 Å². The van der Waals surface area contributed by atoms with Crippen molar-refractivity contribution in [3.63, 3.8) is 0 Å². The smallest absolute Gasteiger partial charge is 0.186 e. The van der Waals surface area contributed by atoms with Gasteiger partial charge in [-0.3, -0.25) is 9.69 Å². The molecule has 3 heteroatoms. The number of carbonyl (C=O) groups is 1. The molecule has 0 saturated heterocycles. The van der Waals surface area contributed by atoms with Gasteiger partial charge in [0.2, 0.25) is 0 Å². The molecule has 96 valence electrons. The van der Waals surface area contributed by atoms with Crippen LogP contribution < -0.4 is 0 Å². The van der Waals surface area contributed by atoms with Gasteiger partial charge < -0.3 is 4.42 Å². The largest absolute Gasteiger partial charge is 0.472 e. The lowest BCUT2D eigenvalue weighted by Crippen LogP contribution is -2.53. The van der Waals surface area contributed by atoms with Gasteiger partial charge >= 0.3 is 0 Å². The number of nitrogens with zero attached hydrogens (tertiary/aromatic N) is 1. The molecule has 0 atom stereocenters. The third kappa shape index (κ3) is 2.44. The molecule has 0 unspecified atom stereocenters. The zero-order valence-corrected chi connectivity index (χ0v) is 11.3. The van der Waals surface area contributed by atoms with Crippen LogP contribution in [0.1, 0.15) is 50.9 Å². The Kier molecular flexibility index (Phi) is 4.94. The molecule has 1 aromatic rings. The van der Waals surface area contributed by atoms with Gasteiger partial charge in [0, 0.05) is 0 Å². The molecule has 0 saturated carbocycles. The summed E-state index contributed by atoms with van der Waals surface area (Å²) in [4.78, 5) is 14.9. The summed E-state index contributed by atoms with van der Waals surface area (Å²) in [5.74, 6) is 0.181. The van der Waals surface area contributed by atoms with E-state index in [2.05, 4.69) is 32.6 Å². The lowest BCUT2D eigenvalue weighted by atomic mass is 9.83. The van der Waals surface area contributed by atoms with Crippen molar-refractivity contribution in [3.05, 3.63) is 24.2 Å². The average Bonchev–Trinajstić information content (AvgIpc) is 2.89. The van der Waals surface area contributed by atoms with Crippen molar-refractivity contribution in [2.45, 2.75) is 46.1 Å². The molecule has 0 aliphatic carbocycles. The molecule has 0 aliphatic heterocycles. The van der Waals surface area contributed by atoms with E-state index in [0.717, 1.165) is 25.9 Å². The van der Waals surface area contributed by atoms with E-state index in [4.69, 9.17) is 4.42 Å². The lowest BCUT2D eigenvalue weighted by molar-refractivity contribution is 0.0534. The minimum atomic E-state index is -0.382. The van der Waals surface area contributed by atoms with Crippen LogP contribution in [0.15, 0.2) is 23.0 Å². The van der Waals surface area contributed by atoms with Gasteiger partial charge in [0.1, 0.15) is 6.26 Å². The van der Waals surface area contributed by atoms with Gasteiger partial charge in [-0.1, -0.05) is 27.7 Å². The maximum Gasteiger partial charge on any atom is 0.186 e. The van der Waals surface area contributed by atoms with E-state index in [0.29, 0.717) is 5.56 Å². The highest BCUT2D eigenvalue weighted by Crippen LogP contribution is 2.28. The van der Waals surface area contributed by atoms with E-state index in [1.165, 1.54) is 0 Å². The van der Waals surface area contributed by atoms with E-state index in [1.807, 2.05) is 0 Å². The fourth-order valence-corrected chi connectivity index (χ4v) is 2.65. The van der Waals surface area contributed by atoms with E-state index < -0.39 is 0 Å². The molecule has 0 aromatic carbocycles. The second-order valence-electron chi connectivity index (χ2n) is 4.25. The van der Waals surface area contributed by atoms with Crippen LogP contribution in [0.25, 0.3) is 0 Å². The van der Waals surface area contributed by atoms with E-state index in [-0.39, 0.29) is 11.3 Å². The Hall–Kier alpha value is -1.09. The first-order valence-corrected chi connectivity index (χ1v) is 6.48. The highest BCUT2D eigenvalue weighted by molar-refractivity contribution is 6.02. The fraction of sp³-hybridized carbons (Fsp3) is 0.643. The Morgan fingerprint density at radius 3 is 2.18 bits per heavy atom. The Morgan fingerprint density at radius 1 is 1.24 bits per heavy atom. The zero-order valence-electron chi connectivity index (χ0n) is 11.3. The first-order chi connectivity index (χ1) is 8.16. The van der Waals surface area contributed by atoms with Crippen LogP contribution in [0.5, 0.6) is 0 Å². The Bertz CT molecular complexity index is 335. The molecule has 1 rings (SSSR count). The van der Waals surface area contributed by atoms with Crippen molar-refractivity contribution < 1.29 is 9.21 Å². The molecule has 0 bridgehead atoms. The summed E-state index contributed by atoms with van der Waals surface area (Å²) in [5, 5.41) is 0. The Labute approximate surface area is 104 Å². The Balaban J connectivity index is 3.10. The van der Waals surface area contributed by atoms with Crippen molar-refractivity contribution in [2.75, 3.05) is 13.1 Å². The quantitative estimate of drug-likeness (QED) is 0.682. The molecule has 17 heavy (non-hydrogen) atoms. The maximum atomic E-state index is 12.6. The molecule has 1 aromatic heterocycles. The SMILES string of the molecule is CCN(CC)C(CC)(CC)C(=O)c1ccoc1. The second kappa shape index (κ2) is 6.01. The number of Topliss-reactive ketones (excluding diaryl/α,β-unsaturated/α-hetero) is 1. The standard InChI is InChI=1S/C14H23NO2/c1-5-14(6-2,15(7-3)8-4)13(16)12-9-10-17-11-12/h9-11H,5-8H2,1-4H3. The van der Waals surface area contributed by atoms with Crippen LogP contribution >= 0.6 is 0 Å². The number of furan rings is 1. The molecule has 0 aliphatic rings. The zero-order chi connectivity index (χ0) is 12.9. The van der Waals surface area contributed by atoms with Crippen molar-refractivity contribution in [1.82, 2.24) is 4.90 Å². The predicted octanol–water partition coefficient (Wildman–Crippen LogP) is 3.36. The summed E-state index contributed by atoms with van der Waals surface area (Å²) in [5.41, 5.74) is 0.300. The van der Waals surface area contributed by atoms with Crippen LogP contribution in [-0.2, 0) is 0 Å². The number of hydrogen-bond donors (Lipinski definition) is 0. The van der Waals surface area contributed by atoms with Crippen molar-refractivity contribution in [1.29, 1.82) is 0 Å². The number of hydrogen-bond acceptors (Lipinski definition) is 3. The lowest BCUT2D eigenvalue weighted by Gasteiger charge is -2.40. The molecule has 0 radical (unpaired) electrons. The van der Waals surface area contributed by atoms with Gasteiger partial charge in [-0.25, -0.2) is 0 Å². The second-order valence-corrected chi connectivity index (χ2v) is 4.25. The Morgan fingerprint density at radius 2 is 1.82 bits per heavy atom. The number of carbonyl (C=O) groups excluding carboxylic acids is 1. The minimum Gasteiger partial charge on any atom is -0.472 e. The predicted molar refractivity (Wildman–Crippen MR) is 69.3 cm³/mol. The highest BCUT2D eigenvalue weighted by atomic mass is 16.3. The first-order valence-electron chi connectivity index (χ1n) is 6.48. The minimum absolute atomic E-state index is 0.181. The summed E-state index contributed by atoms with van der Waals surface area (Å²) in [7, 11) is 0. The number of ketones is 1. The number of rotatable bonds is 7. The fourth-order valence-electron chi connectivity index (χ4n) is 2.65. The maximum absolute atomic E-state index is 12.6. The van der Waals surface area contributed by atoms with Gasteiger partial charge in [-0.05, 0) is 32.0 Å². The van der Waals surface area contributed by atoms with Crippen molar-refractivity contribution in [2.24, 2.45) is 0 Å². The molecular weight excluding hydrogens is 214 g/mol. The molecule has 0 fully saturated rings. The van der Waals surface area contributed by atoms with Gasteiger partial charge in [0.15, 0.2) is 5.78 Å². The van der Waals surface area contributed by atoms with E-state index >= 15 is 0 Å². The average molecular weight is 237 g/mol. The van der Waals surface area contributed by atoms with Gasteiger partial charge in [0.25, 0.3) is 0 Å². The normalized spacial score (nSPS) is 12.1. The summed E-state index contributed by atoms with van der Waals surface area (Å²) < 4.78 is 5.03. The van der Waals surface area contributed by atoms with Gasteiger partial charge in [0.05, 0.1) is 17.4 Å². The molecule has 0 amide bonds. The molecule has 0 spiro atoms. The highest BCUT2D eigenvalue weighted by Gasteiger charge is 2.40. The number of likely N-dealkylation sites (N-methyl/N-ethyl adjacent to an activating group) is 1. The third-order valence-corrected chi connectivity index (χ3v) is 3.74. The monoisotopic (exact) mass is 237 g/mol. The topological polar surface area (TPSA) is 33.5 Å².